The third kappa shape index (κ3) is 6.11. The van der Waals surface area contributed by atoms with Gasteiger partial charge in [-0.25, -0.2) is 17.5 Å². The van der Waals surface area contributed by atoms with Crippen LogP contribution in [0.3, 0.4) is 0 Å². The Morgan fingerprint density at radius 2 is 1.67 bits per heavy atom. The number of sulfonamides is 1. The van der Waals surface area contributed by atoms with Gasteiger partial charge in [0.25, 0.3) is 0 Å². The summed E-state index contributed by atoms with van der Waals surface area (Å²) in [5.74, 6) is 1.20. The van der Waals surface area contributed by atoms with Gasteiger partial charge in [0, 0.05) is 18.5 Å². The van der Waals surface area contributed by atoms with E-state index in [9.17, 15) is 12.8 Å². The fraction of sp³-hybridized carbons (Fsp3) is 0.481. The second-order valence-corrected chi connectivity index (χ2v) is 11.3. The second kappa shape index (κ2) is 10.9. The lowest BCUT2D eigenvalue weighted by Crippen LogP contribution is -2.41. The molecule has 6 heteroatoms. The first-order chi connectivity index (χ1) is 16.0. The minimum Gasteiger partial charge on any atom is -0.313 e. The van der Waals surface area contributed by atoms with Crippen LogP contribution in [0.2, 0.25) is 0 Å². The Morgan fingerprint density at radius 3 is 2.36 bits per heavy atom. The highest BCUT2D eigenvalue weighted by molar-refractivity contribution is 7.89. The Kier molecular flexibility index (Phi) is 7.99. The van der Waals surface area contributed by atoms with E-state index in [1.807, 2.05) is 18.2 Å². The van der Waals surface area contributed by atoms with Gasteiger partial charge in [-0.2, -0.15) is 0 Å². The molecule has 0 heterocycles. The first kappa shape index (κ1) is 24.1. The van der Waals surface area contributed by atoms with Crippen LogP contribution in [0.4, 0.5) is 4.39 Å². The number of allylic oxidation sites excluding steroid dienone is 1. The van der Waals surface area contributed by atoms with Gasteiger partial charge in [0.15, 0.2) is 0 Å². The van der Waals surface area contributed by atoms with Crippen molar-refractivity contribution < 1.29 is 12.8 Å². The van der Waals surface area contributed by atoms with Crippen molar-refractivity contribution in [2.75, 3.05) is 13.1 Å². The summed E-state index contributed by atoms with van der Waals surface area (Å²) < 4.78 is 41.4. The number of aryl methyl sites for hydroxylation is 1. The SMILES string of the molecule is C=CC[C@@H]1c2ccc(F)cc2CC[C@@H]1NCC1CCC(CNS(=O)(=O)c2ccccc2)CC1. The molecule has 0 aromatic heterocycles. The van der Waals surface area contributed by atoms with Crippen molar-refractivity contribution in [1.82, 2.24) is 10.0 Å². The van der Waals surface area contributed by atoms with Gasteiger partial charge in [-0.1, -0.05) is 30.3 Å². The zero-order valence-electron chi connectivity index (χ0n) is 19.2. The number of hydrogen-bond acceptors (Lipinski definition) is 3. The molecule has 4 nitrogen and oxygen atoms in total. The highest BCUT2D eigenvalue weighted by atomic mass is 32.2. The molecular weight excluding hydrogens is 435 g/mol. The normalized spacial score (nSPS) is 25.4. The molecule has 2 aliphatic rings. The molecule has 0 aliphatic heterocycles. The molecule has 4 rings (SSSR count). The second-order valence-electron chi connectivity index (χ2n) is 9.58. The number of nitrogens with one attached hydrogen (secondary N) is 2. The molecular formula is C27H35FN2O2S. The molecule has 2 N–H and O–H groups in total. The van der Waals surface area contributed by atoms with Gasteiger partial charge in [-0.05, 0) is 98.7 Å². The van der Waals surface area contributed by atoms with Crippen molar-refractivity contribution in [2.24, 2.45) is 11.8 Å². The van der Waals surface area contributed by atoms with Crippen LogP contribution in [0.5, 0.6) is 0 Å². The van der Waals surface area contributed by atoms with Crippen LogP contribution in [0.15, 0.2) is 66.1 Å². The molecule has 0 radical (unpaired) electrons. The van der Waals surface area contributed by atoms with Crippen LogP contribution < -0.4 is 10.0 Å². The summed E-state index contributed by atoms with van der Waals surface area (Å²) in [5, 5.41) is 3.82. The Balaban J connectivity index is 1.25. The fourth-order valence-electron chi connectivity index (χ4n) is 5.46. The summed E-state index contributed by atoms with van der Waals surface area (Å²) in [6.45, 7) is 5.43. The van der Waals surface area contributed by atoms with E-state index in [1.165, 1.54) is 5.56 Å². The molecule has 0 unspecified atom stereocenters. The van der Waals surface area contributed by atoms with E-state index in [0.717, 1.165) is 57.1 Å². The van der Waals surface area contributed by atoms with Crippen molar-refractivity contribution in [3.63, 3.8) is 0 Å². The van der Waals surface area contributed by atoms with Gasteiger partial charge >= 0.3 is 0 Å². The number of rotatable bonds is 9. The van der Waals surface area contributed by atoms with Crippen LogP contribution in [0.1, 0.15) is 55.6 Å². The summed E-state index contributed by atoms with van der Waals surface area (Å²) >= 11 is 0. The maximum atomic E-state index is 13.7. The summed E-state index contributed by atoms with van der Waals surface area (Å²) in [4.78, 5) is 0.328. The molecule has 178 valence electrons. The van der Waals surface area contributed by atoms with Gasteiger partial charge in [0.1, 0.15) is 5.82 Å². The van der Waals surface area contributed by atoms with Gasteiger partial charge in [0.2, 0.25) is 10.0 Å². The van der Waals surface area contributed by atoms with Crippen molar-refractivity contribution in [1.29, 1.82) is 0 Å². The Labute approximate surface area is 197 Å². The molecule has 2 aromatic rings. The first-order valence-electron chi connectivity index (χ1n) is 12.1. The van der Waals surface area contributed by atoms with Gasteiger partial charge in [-0.15, -0.1) is 6.58 Å². The summed E-state index contributed by atoms with van der Waals surface area (Å²) in [5.41, 5.74) is 2.40. The molecule has 0 amide bonds. The van der Waals surface area contributed by atoms with E-state index in [1.54, 1.807) is 36.4 Å². The molecule has 2 aromatic carbocycles. The minimum atomic E-state index is -3.43. The molecule has 1 saturated carbocycles. The molecule has 33 heavy (non-hydrogen) atoms. The predicted octanol–water partition coefficient (Wildman–Crippen LogP) is 5.17. The number of fused-ring (bicyclic) bond motifs is 1. The fourth-order valence-corrected chi connectivity index (χ4v) is 6.60. The third-order valence-corrected chi connectivity index (χ3v) is 8.83. The average Bonchev–Trinajstić information content (AvgIpc) is 2.83. The van der Waals surface area contributed by atoms with E-state index < -0.39 is 10.0 Å². The van der Waals surface area contributed by atoms with Crippen molar-refractivity contribution >= 4 is 10.0 Å². The predicted molar refractivity (Wildman–Crippen MR) is 131 cm³/mol. The third-order valence-electron chi connectivity index (χ3n) is 7.39. The van der Waals surface area contributed by atoms with E-state index in [0.29, 0.717) is 35.2 Å². The number of halogens is 1. The van der Waals surface area contributed by atoms with Crippen LogP contribution in [0, 0.1) is 17.7 Å². The lowest BCUT2D eigenvalue weighted by atomic mass is 9.77. The molecule has 0 saturated heterocycles. The zero-order valence-corrected chi connectivity index (χ0v) is 20.0. The quantitative estimate of drug-likeness (QED) is 0.497. The van der Waals surface area contributed by atoms with Gasteiger partial charge < -0.3 is 5.32 Å². The van der Waals surface area contributed by atoms with Gasteiger partial charge in [0.05, 0.1) is 4.90 Å². The smallest absolute Gasteiger partial charge is 0.240 e. The van der Waals surface area contributed by atoms with Crippen molar-refractivity contribution in [3.05, 3.63) is 78.1 Å². The minimum absolute atomic E-state index is 0.152. The van der Waals surface area contributed by atoms with Crippen LogP contribution in [-0.4, -0.2) is 27.5 Å². The van der Waals surface area contributed by atoms with Crippen LogP contribution >= 0.6 is 0 Å². The first-order valence-corrected chi connectivity index (χ1v) is 13.6. The highest BCUT2D eigenvalue weighted by Gasteiger charge is 2.30. The van der Waals surface area contributed by atoms with Crippen molar-refractivity contribution in [2.45, 2.75) is 61.8 Å². The summed E-state index contributed by atoms with van der Waals surface area (Å²) in [6.07, 6.45) is 9.12. The molecule has 2 atom stereocenters. The van der Waals surface area contributed by atoms with E-state index in [-0.39, 0.29) is 5.82 Å². The largest absolute Gasteiger partial charge is 0.313 e. The number of benzene rings is 2. The molecule has 0 bridgehead atoms. The Hall–Kier alpha value is -2.02. The van der Waals surface area contributed by atoms with E-state index in [2.05, 4.69) is 16.6 Å². The molecule has 1 fully saturated rings. The van der Waals surface area contributed by atoms with E-state index >= 15 is 0 Å². The van der Waals surface area contributed by atoms with Crippen LogP contribution in [0.25, 0.3) is 0 Å². The van der Waals surface area contributed by atoms with Crippen LogP contribution in [-0.2, 0) is 16.4 Å². The summed E-state index contributed by atoms with van der Waals surface area (Å²) in [6, 6.07) is 14.2. The number of hydrogen-bond donors (Lipinski definition) is 2. The Morgan fingerprint density at radius 1 is 0.970 bits per heavy atom. The Bertz CT molecular complexity index is 1030. The maximum Gasteiger partial charge on any atom is 0.240 e. The molecule has 2 aliphatic carbocycles. The monoisotopic (exact) mass is 470 g/mol. The lowest BCUT2D eigenvalue weighted by molar-refractivity contribution is 0.252. The maximum absolute atomic E-state index is 13.7. The van der Waals surface area contributed by atoms with E-state index in [4.69, 9.17) is 0 Å². The van der Waals surface area contributed by atoms with Gasteiger partial charge in [-0.3, -0.25) is 0 Å². The van der Waals surface area contributed by atoms with Crippen molar-refractivity contribution in [3.8, 4) is 0 Å². The lowest BCUT2D eigenvalue weighted by Gasteiger charge is -2.36. The average molecular weight is 471 g/mol. The standard InChI is InChI=1S/C27H35FN2O2S/c1-2-6-26-25-15-14-23(28)17-22(25)13-16-27(26)29-18-20-9-11-21(12-10-20)19-30-33(31,32)24-7-4-3-5-8-24/h2-5,7-8,14-15,17,20-21,26-27,29-30H,1,6,9-13,16,18-19H2/t20?,21?,26-,27+/m1/s1. The zero-order chi connectivity index (χ0) is 23.3. The highest BCUT2D eigenvalue weighted by Crippen LogP contribution is 2.36. The topological polar surface area (TPSA) is 58.2 Å². The molecule has 0 spiro atoms. The summed E-state index contributed by atoms with van der Waals surface area (Å²) in [7, 11) is -3.43.